The Kier molecular flexibility index (Phi) is 6.79. The first-order valence-electron chi connectivity index (χ1n) is 8.17. The van der Waals surface area contributed by atoms with E-state index in [-0.39, 0.29) is 6.61 Å². The van der Waals surface area contributed by atoms with E-state index in [9.17, 15) is 9.59 Å². The molecule has 6 heteroatoms. The molecule has 0 bridgehead atoms. The van der Waals surface area contributed by atoms with Crippen LogP contribution in [0.4, 0.5) is 0 Å². The molecule has 2 aromatic rings. The van der Waals surface area contributed by atoms with Gasteiger partial charge in [-0.2, -0.15) is 0 Å². The predicted molar refractivity (Wildman–Crippen MR) is 99.0 cm³/mol. The fraction of sp³-hybridized carbons (Fsp3) is 0.200. The van der Waals surface area contributed by atoms with Gasteiger partial charge in [-0.05, 0) is 38.1 Å². The van der Waals surface area contributed by atoms with Crippen LogP contribution in [0.25, 0.3) is 0 Å². The standard InChI is InChI=1S/C20H22N2O4/c1-4-13-25-18-8-6-5-7-17(18)20(24)22-21-19(23)15(3)26-16-11-9-14(2)10-12-16/h4-12,15H,1,13H2,2-3H3,(H,21,23)(H,22,24). The first-order chi connectivity index (χ1) is 12.5. The minimum atomic E-state index is -0.773. The predicted octanol–water partition coefficient (Wildman–Crippen LogP) is 2.79. The molecular formula is C20H22N2O4. The zero-order valence-corrected chi connectivity index (χ0v) is 14.8. The molecule has 0 aliphatic rings. The molecule has 0 aliphatic heterocycles. The van der Waals surface area contributed by atoms with Crippen LogP contribution in [0.1, 0.15) is 22.8 Å². The molecule has 136 valence electrons. The van der Waals surface area contributed by atoms with Crippen LogP contribution in [0.2, 0.25) is 0 Å². The van der Waals surface area contributed by atoms with Crippen LogP contribution in [0.15, 0.2) is 61.2 Å². The molecular weight excluding hydrogens is 332 g/mol. The highest BCUT2D eigenvalue weighted by molar-refractivity contribution is 5.98. The zero-order valence-electron chi connectivity index (χ0n) is 14.8. The summed E-state index contributed by atoms with van der Waals surface area (Å²) < 4.78 is 11.0. The minimum Gasteiger partial charge on any atom is -0.489 e. The number of amides is 2. The summed E-state index contributed by atoms with van der Waals surface area (Å²) in [6.45, 7) is 7.41. The van der Waals surface area contributed by atoms with Gasteiger partial charge < -0.3 is 9.47 Å². The molecule has 0 heterocycles. The maximum atomic E-state index is 12.3. The highest BCUT2D eigenvalue weighted by atomic mass is 16.5. The van der Waals surface area contributed by atoms with Gasteiger partial charge in [-0.25, -0.2) is 0 Å². The first kappa shape index (κ1) is 19.1. The second-order valence-corrected chi connectivity index (χ2v) is 5.61. The molecule has 2 N–H and O–H groups in total. The highest BCUT2D eigenvalue weighted by Crippen LogP contribution is 2.17. The molecule has 0 saturated heterocycles. The molecule has 2 rings (SSSR count). The SMILES string of the molecule is C=CCOc1ccccc1C(=O)NNC(=O)C(C)Oc1ccc(C)cc1. The molecule has 0 radical (unpaired) electrons. The third-order valence-corrected chi connectivity index (χ3v) is 3.49. The number of benzene rings is 2. The Morgan fingerprint density at radius 3 is 2.50 bits per heavy atom. The summed E-state index contributed by atoms with van der Waals surface area (Å²) >= 11 is 0. The average molecular weight is 354 g/mol. The number of hydrogen-bond acceptors (Lipinski definition) is 4. The lowest BCUT2D eigenvalue weighted by molar-refractivity contribution is -0.128. The average Bonchev–Trinajstić information content (AvgIpc) is 2.66. The summed E-state index contributed by atoms with van der Waals surface area (Å²) in [7, 11) is 0. The quantitative estimate of drug-likeness (QED) is 0.592. The van der Waals surface area contributed by atoms with E-state index in [0.29, 0.717) is 17.1 Å². The van der Waals surface area contributed by atoms with Gasteiger partial charge in [0.05, 0.1) is 5.56 Å². The summed E-state index contributed by atoms with van der Waals surface area (Å²) in [5, 5.41) is 0. The summed E-state index contributed by atoms with van der Waals surface area (Å²) in [5.41, 5.74) is 6.13. The first-order valence-corrected chi connectivity index (χ1v) is 8.17. The summed E-state index contributed by atoms with van der Waals surface area (Å²) in [6.07, 6.45) is 0.811. The van der Waals surface area contributed by atoms with Crippen molar-refractivity contribution in [3.05, 3.63) is 72.3 Å². The number of rotatable bonds is 7. The van der Waals surface area contributed by atoms with Crippen molar-refractivity contribution in [1.29, 1.82) is 0 Å². The van der Waals surface area contributed by atoms with Crippen molar-refractivity contribution >= 4 is 11.8 Å². The number of para-hydroxylation sites is 1. The van der Waals surface area contributed by atoms with Gasteiger partial charge in [-0.3, -0.25) is 20.4 Å². The summed E-state index contributed by atoms with van der Waals surface area (Å²) in [6, 6.07) is 14.1. The summed E-state index contributed by atoms with van der Waals surface area (Å²) in [4.78, 5) is 24.4. The van der Waals surface area contributed by atoms with Crippen LogP contribution in [0.3, 0.4) is 0 Å². The van der Waals surface area contributed by atoms with Crippen molar-refractivity contribution in [2.75, 3.05) is 6.61 Å². The molecule has 2 aromatic carbocycles. The van der Waals surface area contributed by atoms with Crippen molar-refractivity contribution in [2.45, 2.75) is 20.0 Å². The number of carbonyl (C=O) groups excluding carboxylic acids is 2. The maximum absolute atomic E-state index is 12.3. The van der Waals surface area contributed by atoms with Crippen LogP contribution >= 0.6 is 0 Å². The molecule has 0 aliphatic carbocycles. The molecule has 26 heavy (non-hydrogen) atoms. The van der Waals surface area contributed by atoms with Crippen molar-refractivity contribution in [3.63, 3.8) is 0 Å². The lowest BCUT2D eigenvalue weighted by Gasteiger charge is -2.16. The molecule has 2 amide bonds. The maximum Gasteiger partial charge on any atom is 0.279 e. The number of carbonyl (C=O) groups is 2. The Balaban J connectivity index is 1.91. The number of ether oxygens (including phenoxy) is 2. The zero-order chi connectivity index (χ0) is 18.9. The lowest BCUT2D eigenvalue weighted by atomic mass is 10.2. The van der Waals surface area contributed by atoms with E-state index in [4.69, 9.17) is 9.47 Å². The number of aryl methyl sites for hydroxylation is 1. The molecule has 0 fully saturated rings. The van der Waals surface area contributed by atoms with Gasteiger partial charge >= 0.3 is 0 Å². The van der Waals surface area contributed by atoms with Gasteiger partial charge in [0, 0.05) is 0 Å². The van der Waals surface area contributed by atoms with Crippen LogP contribution in [0, 0.1) is 6.92 Å². The van der Waals surface area contributed by atoms with Gasteiger partial charge in [0.1, 0.15) is 18.1 Å². The second kappa shape index (κ2) is 9.27. The van der Waals surface area contributed by atoms with E-state index in [1.165, 1.54) is 0 Å². The molecule has 0 saturated carbocycles. The van der Waals surface area contributed by atoms with Crippen molar-refractivity contribution in [3.8, 4) is 11.5 Å². The van der Waals surface area contributed by atoms with Crippen molar-refractivity contribution in [2.24, 2.45) is 0 Å². The third-order valence-electron chi connectivity index (χ3n) is 3.49. The molecule has 6 nitrogen and oxygen atoms in total. The Morgan fingerprint density at radius 1 is 1.12 bits per heavy atom. The number of nitrogens with one attached hydrogen (secondary N) is 2. The van der Waals surface area contributed by atoms with Gasteiger partial charge in [-0.1, -0.05) is 42.5 Å². The fourth-order valence-corrected chi connectivity index (χ4v) is 2.09. The van der Waals surface area contributed by atoms with E-state index in [1.54, 1.807) is 49.4 Å². The lowest BCUT2D eigenvalue weighted by Crippen LogP contribution is -2.47. The second-order valence-electron chi connectivity index (χ2n) is 5.61. The van der Waals surface area contributed by atoms with Gasteiger partial charge in [0.25, 0.3) is 11.8 Å². The van der Waals surface area contributed by atoms with Gasteiger partial charge in [-0.15, -0.1) is 0 Å². The largest absolute Gasteiger partial charge is 0.489 e. The highest BCUT2D eigenvalue weighted by Gasteiger charge is 2.17. The Bertz CT molecular complexity index is 772. The van der Waals surface area contributed by atoms with E-state index in [2.05, 4.69) is 17.4 Å². The summed E-state index contributed by atoms with van der Waals surface area (Å²) in [5.74, 6) is 0.0276. The molecule has 0 aromatic heterocycles. The smallest absolute Gasteiger partial charge is 0.279 e. The topological polar surface area (TPSA) is 76.7 Å². The van der Waals surface area contributed by atoms with Crippen molar-refractivity contribution in [1.82, 2.24) is 10.9 Å². The fourth-order valence-electron chi connectivity index (χ4n) is 2.09. The Morgan fingerprint density at radius 2 is 1.81 bits per heavy atom. The van der Waals surface area contributed by atoms with E-state index in [1.807, 2.05) is 19.1 Å². The van der Waals surface area contributed by atoms with E-state index >= 15 is 0 Å². The van der Waals surface area contributed by atoms with E-state index in [0.717, 1.165) is 5.56 Å². The van der Waals surface area contributed by atoms with Crippen LogP contribution in [0.5, 0.6) is 11.5 Å². The van der Waals surface area contributed by atoms with Gasteiger partial charge in [0.2, 0.25) is 0 Å². The van der Waals surface area contributed by atoms with Gasteiger partial charge in [0.15, 0.2) is 6.10 Å². The van der Waals surface area contributed by atoms with Crippen LogP contribution in [-0.4, -0.2) is 24.5 Å². The Labute approximate surface area is 152 Å². The van der Waals surface area contributed by atoms with Crippen LogP contribution in [-0.2, 0) is 4.79 Å². The monoisotopic (exact) mass is 354 g/mol. The van der Waals surface area contributed by atoms with Crippen LogP contribution < -0.4 is 20.3 Å². The normalized spacial score (nSPS) is 11.2. The minimum absolute atomic E-state index is 0.276. The molecule has 0 spiro atoms. The molecule has 1 atom stereocenters. The Hall–Kier alpha value is -3.28. The number of hydrogen-bond donors (Lipinski definition) is 2. The van der Waals surface area contributed by atoms with E-state index < -0.39 is 17.9 Å². The number of hydrazine groups is 1. The molecule has 1 unspecified atom stereocenters. The van der Waals surface area contributed by atoms with Crippen molar-refractivity contribution < 1.29 is 19.1 Å². The third kappa shape index (κ3) is 5.37.